The molecule has 0 aliphatic rings. The van der Waals surface area contributed by atoms with E-state index in [-0.39, 0.29) is 17.5 Å². The molecule has 3 N–H and O–H groups in total. The highest BCUT2D eigenvalue weighted by atomic mass is 79.9. The number of H-pyrrole nitrogens is 1. The first-order valence-corrected chi connectivity index (χ1v) is 8.05. The molecule has 0 saturated carbocycles. The summed E-state index contributed by atoms with van der Waals surface area (Å²) in [6.45, 7) is -0.500. The fourth-order valence-electron chi connectivity index (χ4n) is 2.53. The molecule has 1 aromatic heterocycles. The number of aliphatic hydroxyl groups excluding tert-OH is 2. The molecule has 0 aliphatic carbocycles. The van der Waals surface area contributed by atoms with Gasteiger partial charge in [0.15, 0.2) is 5.82 Å². The summed E-state index contributed by atoms with van der Waals surface area (Å²) >= 11 is 9.54. The van der Waals surface area contributed by atoms with Crippen molar-refractivity contribution in [3.05, 3.63) is 62.6 Å². The molecular weight excluding hydrogens is 387 g/mol. The Morgan fingerprint density at radius 3 is 2.83 bits per heavy atom. The van der Waals surface area contributed by atoms with Crippen LogP contribution in [0.2, 0.25) is 5.02 Å². The van der Waals surface area contributed by atoms with E-state index in [1.165, 1.54) is 6.33 Å². The van der Waals surface area contributed by atoms with Crippen LogP contribution >= 0.6 is 27.5 Å². The summed E-state index contributed by atoms with van der Waals surface area (Å²) in [6.07, 6.45) is 0.397. The Kier molecular flexibility index (Phi) is 4.68. The third-order valence-corrected chi connectivity index (χ3v) is 4.55. The molecule has 0 saturated heterocycles. The van der Waals surface area contributed by atoms with Crippen LogP contribution in [0.4, 0.5) is 4.39 Å². The van der Waals surface area contributed by atoms with Crippen LogP contribution in [0.15, 0.2) is 35.1 Å². The van der Waals surface area contributed by atoms with Gasteiger partial charge in [-0.2, -0.15) is 0 Å². The lowest BCUT2D eigenvalue weighted by atomic mass is 9.95. The van der Waals surface area contributed by atoms with Gasteiger partial charge in [-0.1, -0.05) is 33.6 Å². The third kappa shape index (κ3) is 3.12. The van der Waals surface area contributed by atoms with Gasteiger partial charge < -0.3 is 15.2 Å². The Balaban J connectivity index is 2.15. The van der Waals surface area contributed by atoms with E-state index in [4.69, 9.17) is 11.6 Å². The van der Waals surface area contributed by atoms with Crippen molar-refractivity contribution in [3.63, 3.8) is 0 Å². The van der Waals surface area contributed by atoms with Gasteiger partial charge in [0.05, 0.1) is 18.5 Å². The summed E-state index contributed by atoms with van der Waals surface area (Å²) in [5, 5.41) is 19.8. The number of rotatable bonds is 4. The van der Waals surface area contributed by atoms with Crippen molar-refractivity contribution in [3.8, 4) is 0 Å². The average Bonchev–Trinajstić information content (AvgIpc) is 3.00. The lowest BCUT2D eigenvalue weighted by Crippen LogP contribution is -2.09. The van der Waals surface area contributed by atoms with Gasteiger partial charge in [0.1, 0.15) is 11.6 Å². The molecule has 120 valence electrons. The zero-order chi connectivity index (χ0) is 16.6. The van der Waals surface area contributed by atoms with Gasteiger partial charge in [0.25, 0.3) is 0 Å². The Labute approximate surface area is 145 Å². The van der Waals surface area contributed by atoms with Gasteiger partial charge in [0, 0.05) is 21.5 Å². The molecule has 0 fully saturated rings. The van der Waals surface area contributed by atoms with Crippen molar-refractivity contribution in [2.24, 2.45) is 0 Å². The Morgan fingerprint density at radius 2 is 2.13 bits per heavy atom. The SMILES string of the molecule is OCC(O)c1cc2[nH]cnc2c(F)c1Cc1ccc(Br)cc1Cl. The average molecular weight is 400 g/mol. The summed E-state index contributed by atoms with van der Waals surface area (Å²) in [7, 11) is 0. The monoisotopic (exact) mass is 398 g/mol. The molecule has 7 heteroatoms. The number of aliphatic hydroxyl groups is 2. The molecule has 2 aromatic carbocycles. The summed E-state index contributed by atoms with van der Waals surface area (Å²) in [5.41, 5.74) is 1.98. The first-order chi connectivity index (χ1) is 11.0. The quantitative estimate of drug-likeness (QED) is 0.626. The number of aromatic amines is 1. The van der Waals surface area contributed by atoms with Crippen molar-refractivity contribution < 1.29 is 14.6 Å². The molecule has 3 rings (SSSR count). The molecule has 0 radical (unpaired) electrons. The molecule has 0 spiro atoms. The minimum Gasteiger partial charge on any atom is -0.393 e. The number of fused-ring (bicyclic) bond motifs is 1. The van der Waals surface area contributed by atoms with Gasteiger partial charge in [-0.25, -0.2) is 9.37 Å². The Bertz CT molecular complexity index is 869. The van der Waals surface area contributed by atoms with Gasteiger partial charge >= 0.3 is 0 Å². The first-order valence-electron chi connectivity index (χ1n) is 6.88. The van der Waals surface area contributed by atoms with Gasteiger partial charge in [0.2, 0.25) is 0 Å². The zero-order valence-electron chi connectivity index (χ0n) is 11.9. The highest BCUT2D eigenvalue weighted by molar-refractivity contribution is 9.10. The van der Waals surface area contributed by atoms with Gasteiger partial charge in [-0.15, -0.1) is 0 Å². The van der Waals surface area contributed by atoms with Crippen LogP contribution in [0.3, 0.4) is 0 Å². The van der Waals surface area contributed by atoms with E-state index in [0.29, 0.717) is 16.1 Å². The van der Waals surface area contributed by atoms with Crippen LogP contribution in [-0.4, -0.2) is 26.8 Å². The van der Waals surface area contributed by atoms with Crippen molar-refractivity contribution in [2.45, 2.75) is 12.5 Å². The van der Waals surface area contributed by atoms with E-state index >= 15 is 0 Å². The highest BCUT2D eigenvalue weighted by Gasteiger charge is 2.21. The van der Waals surface area contributed by atoms with E-state index in [1.807, 2.05) is 6.07 Å². The number of nitrogens with zero attached hydrogens (tertiary/aromatic N) is 1. The molecule has 0 aliphatic heterocycles. The van der Waals surface area contributed by atoms with Crippen LogP contribution < -0.4 is 0 Å². The fourth-order valence-corrected chi connectivity index (χ4v) is 3.27. The minimum atomic E-state index is -1.18. The zero-order valence-corrected chi connectivity index (χ0v) is 14.2. The number of aromatic nitrogens is 2. The van der Waals surface area contributed by atoms with Crippen LogP contribution in [0, 0.1) is 5.82 Å². The topological polar surface area (TPSA) is 69.1 Å². The van der Waals surface area contributed by atoms with Crippen molar-refractivity contribution in [2.75, 3.05) is 6.61 Å². The summed E-state index contributed by atoms with van der Waals surface area (Å²) < 4.78 is 15.7. The number of halogens is 3. The largest absolute Gasteiger partial charge is 0.393 e. The number of imidazole rings is 1. The normalized spacial score (nSPS) is 12.7. The van der Waals surface area contributed by atoms with Crippen LogP contribution in [0.25, 0.3) is 11.0 Å². The molecular formula is C16H13BrClFN2O2. The smallest absolute Gasteiger partial charge is 0.154 e. The van der Waals surface area contributed by atoms with Crippen molar-refractivity contribution >= 4 is 38.6 Å². The number of nitrogens with one attached hydrogen (secondary N) is 1. The molecule has 1 heterocycles. The van der Waals surface area contributed by atoms with Gasteiger partial charge in [-0.3, -0.25) is 0 Å². The van der Waals surface area contributed by atoms with Crippen LogP contribution in [0.5, 0.6) is 0 Å². The maximum Gasteiger partial charge on any atom is 0.154 e. The van der Waals surface area contributed by atoms with E-state index in [2.05, 4.69) is 25.9 Å². The molecule has 0 bridgehead atoms. The fraction of sp³-hybridized carbons (Fsp3) is 0.188. The molecule has 1 atom stereocenters. The third-order valence-electron chi connectivity index (χ3n) is 3.70. The molecule has 4 nitrogen and oxygen atoms in total. The lowest BCUT2D eigenvalue weighted by Gasteiger charge is -2.16. The number of hydrogen-bond acceptors (Lipinski definition) is 3. The van der Waals surface area contributed by atoms with Crippen LogP contribution in [0.1, 0.15) is 22.8 Å². The Hall–Kier alpha value is -1.47. The highest BCUT2D eigenvalue weighted by Crippen LogP contribution is 2.31. The summed E-state index contributed by atoms with van der Waals surface area (Å²) in [6, 6.07) is 6.93. The predicted octanol–water partition coefficient (Wildman–Crippen LogP) is 3.73. The van der Waals surface area contributed by atoms with Crippen LogP contribution in [-0.2, 0) is 6.42 Å². The second kappa shape index (κ2) is 6.57. The second-order valence-corrected chi connectivity index (χ2v) is 6.49. The summed E-state index contributed by atoms with van der Waals surface area (Å²) in [5.74, 6) is -0.523. The lowest BCUT2D eigenvalue weighted by molar-refractivity contribution is 0.0948. The molecule has 3 aromatic rings. The summed E-state index contributed by atoms with van der Waals surface area (Å²) in [4.78, 5) is 6.78. The molecule has 0 amide bonds. The number of hydrogen-bond donors (Lipinski definition) is 3. The standard InChI is InChI=1S/C16H13BrClFN2O2/c17-9-2-1-8(12(18)4-9)3-11-10(14(23)6-22)5-13-16(15(11)19)21-7-20-13/h1-2,4-5,7,14,22-23H,3,6H2,(H,20,21). The van der Waals surface area contributed by atoms with Crippen molar-refractivity contribution in [1.82, 2.24) is 9.97 Å². The van der Waals surface area contributed by atoms with E-state index in [0.717, 1.165) is 10.0 Å². The molecule has 1 unspecified atom stereocenters. The van der Waals surface area contributed by atoms with Crippen molar-refractivity contribution in [1.29, 1.82) is 0 Å². The van der Waals surface area contributed by atoms with E-state index in [9.17, 15) is 14.6 Å². The maximum atomic E-state index is 14.8. The maximum absolute atomic E-state index is 14.8. The predicted molar refractivity (Wildman–Crippen MR) is 90.1 cm³/mol. The Morgan fingerprint density at radius 1 is 1.35 bits per heavy atom. The van der Waals surface area contributed by atoms with Gasteiger partial charge in [-0.05, 0) is 29.3 Å². The minimum absolute atomic E-state index is 0.188. The van der Waals surface area contributed by atoms with E-state index < -0.39 is 18.5 Å². The number of benzene rings is 2. The molecule has 23 heavy (non-hydrogen) atoms. The first kappa shape index (κ1) is 16.4. The van der Waals surface area contributed by atoms with E-state index in [1.54, 1.807) is 18.2 Å². The second-order valence-electron chi connectivity index (χ2n) is 5.17.